The molecular weight excluding hydrogens is 540 g/mol. The van der Waals surface area contributed by atoms with Crippen molar-refractivity contribution in [1.29, 1.82) is 0 Å². The maximum atomic E-state index is 12.6. The zero-order valence-electron chi connectivity index (χ0n) is 22.4. The molecule has 5 rings (SSSR count). The lowest BCUT2D eigenvalue weighted by Crippen LogP contribution is -2.36. The highest BCUT2D eigenvalue weighted by Gasteiger charge is 2.46. The summed E-state index contributed by atoms with van der Waals surface area (Å²) in [6, 6.07) is 6.60. The van der Waals surface area contributed by atoms with Crippen LogP contribution in [0.25, 0.3) is 11.2 Å². The van der Waals surface area contributed by atoms with E-state index in [9.17, 15) is 29.4 Å². The fourth-order valence-corrected chi connectivity index (χ4v) is 4.65. The van der Waals surface area contributed by atoms with Gasteiger partial charge in [-0.15, -0.1) is 0 Å². The second-order valence-corrected chi connectivity index (χ2v) is 9.88. The second-order valence-electron chi connectivity index (χ2n) is 9.88. The molecule has 2 aliphatic heterocycles. The van der Waals surface area contributed by atoms with Crippen molar-refractivity contribution in [3.8, 4) is 0 Å². The molecule has 0 saturated carbocycles. The number of hydrogen-bond acceptors (Lipinski definition) is 11. The number of ether oxygens (including phenoxy) is 3. The number of nitrogens with one attached hydrogen (secondary N) is 2. The monoisotopic (exact) mass is 570 g/mol. The number of aromatic nitrogens is 4. The highest BCUT2D eigenvalue weighted by molar-refractivity contribution is 6.21. The number of hydrogen-bond donors (Lipinski definition) is 4. The standard InChI is InChI=1S/C26H30N6O9/c1-13(2)21(35)29-26-28-20-17(22(36)30-26)27-12-32(20)25-19(18(34)16(11-33)41-25)40-10-9-39-8-7-31-23(37)14-5-3-4-6-15(14)24(31)38/h3-6,12-13,16,18-19,25,33-34H,7-11H2,1-2H3,(H2,28,29,30,35,36)/t16-,18?,19?,25-/m1/s1. The summed E-state index contributed by atoms with van der Waals surface area (Å²) in [6.45, 7) is 3.09. The predicted molar refractivity (Wildman–Crippen MR) is 141 cm³/mol. The van der Waals surface area contributed by atoms with E-state index in [0.29, 0.717) is 11.1 Å². The van der Waals surface area contributed by atoms with Gasteiger partial charge in [0.2, 0.25) is 11.9 Å². The van der Waals surface area contributed by atoms with Crippen LogP contribution in [0.1, 0.15) is 40.8 Å². The molecule has 0 bridgehead atoms. The van der Waals surface area contributed by atoms with Crippen molar-refractivity contribution in [2.24, 2.45) is 5.92 Å². The number of aromatic amines is 1. The Kier molecular flexibility index (Phi) is 8.23. The fourth-order valence-electron chi connectivity index (χ4n) is 4.65. The largest absolute Gasteiger partial charge is 0.394 e. The summed E-state index contributed by atoms with van der Waals surface area (Å²) in [6.07, 6.45) is -2.94. The molecule has 218 valence electrons. The molecule has 0 aliphatic carbocycles. The SMILES string of the molecule is CC(C)C(=O)Nc1nc2c(ncn2[C@@H]2O[C@H](CO)C(O)C2OCCOCCN2C(=O)c3ccccc3C2=O)c(=O)[nH]1. The first-order valence-electron chi connectivity index (χ1n) is 13.1. The van der Waals surface area contributed by atoms with Crippen molar-refractivity contribution < 1.29 is 38.8 Å². The average molecular weight is 571 g/mol. The van der Waals surface area contributed by atoms with Crippen LogP contribution < -0.4 is 10.9 Å². The van der Waals surface area contributed by atoms with Gasteiger partial charge in [0.1, 0.15) is 18.3 Å². The van der Waals surface area contributed by atoms with Gasteiger partial charge in [0.15, 0.2) is 17.4 Å². The molecule has 3 aromatic rings. The van der Waals surface area contributed by atoms with E-state index in [1.54, 1.807) is 38.1 Å². The third kappa shape index (κ3) is 5.49. The number of aliphatic hydroxyl groups is 2. The van der Waals surface area contributed by atoms with Crippen LogP contribution in [-0.4, -0.2) is 104 Å². The highest BCUT2D eigenvalue weighted by atomic mass is 16.6. The zero-order chi connectivity index (χ0) is 29.3. The van der Waals surface area contributed by atoms with Gasteiger partial charge in [0.05, 0.1) is 50.4 Å². The summed E-state index contributed by atoms with van der Waals surface area (Å²) in [5, 5.41) is 23.0. The summed E-state index contributed by atoms with van der Waals surface area (Å²) >= 11 is 0. The van der Waals surface area contributed by atoms with Crippen molar-refractivity contribution in [2.45, 2.75) is 38.4 Å². The van der Waals surface area contributed by atoms with Crippen molar-refractivity contribution in [3.63, 3.8) is 0 Å². The molecule has 2 aromatic heterocycles. The molecule has 1 saturated heterocycles. The van der Waals surface area contributed by atoms with Crippen molar-refractivity contribution in [1.82, 2.24) is 24.4 Å². The van der Waals surface area contributed by atoms with E-state index in [-0.39, 0.29) is 67.1 Å². The van der Waals surface area contributed by atoms with Gasteiger partial charge in [-0.3, -0.25) is 38.9 Å². The molecule has 1 fully saturated rings. The van der Waals surface area contributed by atoms with Crippen LogP contribution in [-0.2, 0) is 19.0 Å². The van der Waals surface area contributed by atoms with Crippen LogP contribution in [0.5, 0.6) is 0 Å². The maximum Gasteiger partial charge on any atom is 0.280 e. The van der Waals surface area contributed by atoms with Gasteiger partial charge in [-0.1, -0.05) is 26.0 Å². The van der Waals surface area contributed by atoms with Gasteiger partial charge in [-0.2, -0.15) is 4.98 Å². The molecule has 4 N–H and O–H groups in total. The molecule has 0 spiro atoms. The third-order valence-electron chi connectivity index (χ3n) is 6.84. The average Bonchev–Trinajstić information content (AvgIpc) is 3.59. The van der Waals surface area contributed by atoms with Crippen LogP contribution >= 0.6 is 0 Å². The normalized spacial score (nSPS) is 22.2. The Balaban J connectivity index is 1.22. The number of benzene rings is 1. The Hall–Kier alpha value is -4.02. The van der Waals surface area contributed by atoms with E-state index in [0.717, 1.165) is 4.90 Å². The highest BCUT2D eigenvalue weighted by Crippen LogP contribution is 2.33. The number of imidazole rings is 1. The molecule has 4 atom stereocenters. The Morgan fingerprint density at radius 1 is 1.15 bits per heavy atom. The number of carbonyl (C=O) groups excluding carboxylic acids is 3. The van der Waals surface area contributed by atoms with Crippen LogP contribution in [0.15, 0.2) is 35.4 Å². The smallest absolute Gasteiger partial charge is 0.280 e. The molecular formula is C26H30N6O9. The van der Waals surface area contributed by atoms with Gasteiger partial charge >= 0.3 is 0 Å². The lowest BCUT2D eigenvalue weighted by molar-refractivity contribution is -0.118. The van der Waals surface area contributed by atoms with Crippen molar-refractivity contribution in [3.05, 3.63) is 52.1 Å². The number of nitrogens with zero attached hydrogens (tertiary/aromatic N) is 4. The van der Waals surface area contributed by atoms with Crippen molar-refractivity contribution >= 4 is 34.8 Å². The number of aliphatic hydroxyl groups excluding tert-OH is 2. The molecule has 0 radical (unpaired) electrons. The maximum absolute atomic E-state index is 12.6. The van der Waals surface area contributed by atoms with E-state index in [2.05, 4.69) is 20.3 Å². The predicted octanol–water partition coefficient (Wildman–Crippen LogP) is -0.337. The minimum absolute atomic E-state index is 0.00179. The van der Waals surface area contributed by atoms with E-state index in [1.807, 2.05) is 0 Å². The quantitative estimate of drug-likeness (QED) is 0.174. The van der Waals surface area contributed by atoms with Gasteiger partial charge in [0.25, 0.3) is 17.4 Å². The number of amides is 3. The summed E-state index contributed by atoms with van der Waals surface area (Å²) in [4.78, 5) is 61.6. The summed E-state index contributed by atoms with van der Waals surface area (Å²) in [5.74, 6) is -1.53. The minimum Gasteiger partial charge on any atom is -0.394 e. The molecule has 2 aliphatic rings. The van der Waals surface area contributed by atoms with Gasteiger partial charge < -0.3 is 24.4 Å². The first-order chi connectivity index (χ1) is 19.7. The topological polar surface area (TPSA) is 198 Å². The number of fused-ring (bicyclic) bond motifs is 2. The molecule has 4 heterocycles. The number of imide groups is 1. The molecule has 1 aromatic carbocycles. The molecule has 15 heteroatoms. The Morgan fingerprint density at radius 3 is 2.51 bits per heavy atom. The number of rotatable bonds is 11. The zero-order valence-corrected chi connectivity index (χ0v) is 22.4. The first kappa shape index (κ1) is 28.5. The summed E-state index contributed by atoms with van der Waals surface area (Å²) in [7, 11) is 0. The Labute approximate surface area is 233 Å². The molecule has 2 unspecified atom stereocenters. The van der Waals surface area contributed by atoms with Gasteiger partial charge in [0, 0.05) is 5.92 Å². The molecule has 41 heavy (non-hydrogen) atoms. The number of anilines is 1. The lowest BCUT2D eigenvalue weighted by Gasteiger charge is -2.22. The van der Waals surface area contributed by atoms with Crippen LogP contribution in [0.4, 0.5) is 5.95 Å². The third-order valence-corrected chi connectivity index (χ3v) is 6.84. The van der Waals surface area contributed by atoms with Crippen molar-refractivity contribution in [2.75, 3.05) is 38.3 Å². The summed E-state index contributed by atoms with van der Waals surface area (Å²) < 4.78 is 18.6. The van der Waals surface area contributed by atoms with E-state index in [1.165, 1.54) is 10.9 Å². The van der Waals surface area contributed by atoms with E-state index >= 15 is 0 Å². The van der Waals surface area contributed by atoms with E-state index in [4.69, 9.17) is 14.2 Å². The van der Waals surface area contributed by atoms with E-state index < -0.39 is 36.7 Å². The number of H-pyrrole nitrogens is 1. The fraction of sp³-hybridized carbons (Fsp3) is 0.462. The molecule has 15 nitrogen and oxygen atoms in total. The Morgan fingerprint density at radius 2 is 1.85 bits per heavy atom. The minimum atomic E-state index is -1.23. The summed E-state index contributed by atoms with van der Waals surface area (Å²) in [5.41, 5.74) is 0.189. The Bertz CT molecular complexity index is 1480. The number of carbonyl (C=O) groups is 3. The van der Waals surface area contributed by atoms with Gasteiger partial charge in [-0.05, 0) is 12.1 Å². The van der Waals surface area contributed by atoms with Crippen LogP contribution in [0.2, 0.25) is 0 Å². The first-order valence-corrected chi connectivity index (χ1v) is 13.1. The van der Waals surface area contributed by atoms with Gasteiger partial charge in [-0.25, -0.2) is 4.98 Å². The molecule has 3 amide bonds. The van der Waals surface area contributed by atoms with Crippen LogP contribution in [0, 0.1) is 5.92 Å². The lowest BCUT2D eigenvalue weighted by atomic mass is 10.1. The van der Waals surface area contributed by atoms with Crippen LogP contribution in [0.3, 0.4) is 0 Å². The second kappa shape index (κ2) is 11.8.